The molecule has 9 rings (SSSR count). The molecule has 0 spiro atoms. The molecule has 6 atom stereocenters. The number of nitrogens with zero attached hydrogens (tertiary/aromatic N) is 3. The summed E-state index contributed by atoms with van der Waals surface area (Å²) in [6.45, 7) is 2.38. The van der Waals surface area contributed by atoms with Crippen LogP contribution >= 0.6 is 0 Å². The lowest BCUT2D eigenvalue weighted by Crippen LogP contribution is -2.56. The maximum atomic E-state index is 13.8. The van der Waals surface area contributed by atoms with Crippen LogP contribution in [-0.2, 0) is 20.7 Å². The molecule has 3 fully saturated rings. The summed E-state index contributed by atoms with van der Waals surface area (Å²) in [5.41, 5.74) is 7.78. The first-order chi connectivity index (χ1) is 25.4. The highest BCUT2D eigenvalue weighted by molar-refractivity contribution is 6.06. The van der Waals surface area contributed by atoms with Crippen molar-refractivity contribution >= 4 is 44.9 Å². The second kappa shape index (κ2) is 13.2. The van der Waals surface area contributed by atoms with Crippen LogP contribution in [0.4, 0.5) is 10.5 Å². The number of benzene rings is 4. The molecular weight excluding hydrogens is 651 g/mol. The number of alkyl carbamates (subject to hydrolysis) is 1. The van der Waals surface area contributed by atoms with E-state index in [-0.39, 0.29) is 11.9 Å². The Morgan fingerprint density at radius 3 is 2.40 bits per heavy atom. The molecule has 2 amide bonds. The molecule has 2 N–H and O–H groups in total. The first kappa shape index (κ1) is 32.9. The van der Waals surface area contributed by atoms with Gasteiger partial charge in [0.05, 0.1) is 36.8 Å². The third-order valence-electron chi connectivity index (χ3n) is 12.4. The van der Waals surface area contributed by atoms with Gasteiger partial charge in [-0.1, -0.05) is 48.9 Å². The van der Waals surface area contributed by atoms with Crippen LogP contribution in [-0.4, -0.2) is 71.5 Å². The molecule has 2 saturated carbocycles. The lowest BCUT2D eigenvalue weighted by atomic mass is 9.88. The molecule has 2 aliphatic carbocycles. The minimum absolute atomic E-state index is 0.129. The molecule has 266 valence electrons. The molecule has 3 heterocycles. The SMILES string of the molecule is COC(=O)N[C@H](C(=O)N1CCC[C@H]1C1=Nc2ccc3cc(-c4ccc5cc(-c6cnc([C@H]7C[C@@H]8CC[C@H]7C8)[nH]6)ccc5c4)ccc3c2C1)[C@@H](C)OC. The lowest BCUT2D eigenvalue weighted by Gasteiger charge is -2.31. The molecule has 2 aliphatic heterocycles. The van der Waals surface area contributed by atoms with E-state index in [0.29, 0.717) is 18.9 Å². The van der Waals surface area contributed by atoms with Crippen molar-refractivity contribution in [3.05, 3.63) is 84.3 Å². The van der Waals surface area contributed by atoms with Gasteiger partial charge in [-0.3, -0.25) is 9.79 Å². The third kappa shape index (κ3) is 5.75. The Morgan fingerprint density at radius 1 is 0.904 bits per heavy atom. The van der Waals surface area contributed by atoms with Crippen LogP contribution in [0.3, 0.4) is 0 Å². The van der Waals surface area contributed by atoms with Crippen molar-refractivity contribution in [2.24, 2.45) is 16.8 Å². The average Bonchev–Trinajstić information content (AvgIpc) is 4.03. The Hall–Kier alpha value is -5.02. The number of nitrogens with one attached hydrogen (secondary N) is 2. The van der Waals surface area contributed by atoms with Crippen molar-refractivity contribution in [1.29, 1.82) is 0 Å². The van der Waals surface area contributed by atoms with Gasteiger partial charge in [0.15, 0.2) is 0 Å². The molecule has 2 bridgehead atoms. The number of H-pyrrole nitrogens is 1. The number of carbonyl (C=O) groups excluding carboxylic acids is 2. The van der Waals surface area contributed by atoms with E-state index < -0.39 is 18.2 Å². The highest BCUT2D eigenvalue weighted by Gasteiger charge is 2.42. The molecule has 1 saturated heterocycles. The highest BCUT2D eigenvalue weighted by Crippen LogP contribution is 2.52. The van der Waals surface area contributed by atoms with Gasteiger partial charge in [-0.15, -0.1) is 0 Å². The number of hydrogen-bond donors (Lipinski definition) is 2. The molecule has 5 aromatic rings. The number of likely N-dealkylation sites (tertiary alicyclic amines) is 1. The molecular formula is C43H45N5O4. The fraction of sp³-hybridized carbons (Fsp3) is 0.395. The van der Waals surface area contributed by atoms with E-state index >= 15 is 0 Å². The monoisotopic (exact) mass is 695 g/mol. The van der Waals surface area contributed by atoms with Crippen LogP contribution in [0, 0.1) is 11.8 Å². The highest BCUT2D eigenvalue weighted by atomic mass is 16.5. The number of hydrogen-bond acceptors (Lipinski definition) is 6. The third-order valence-corrected chi connectivity index (χ3v) is 12.4. The summed E-state index contributed by atoms with van der Waals surface area (Å²) in [5, 5.41) is 7.45. The Balaban J connectivity index is 0.924. The maximum Gasteiger partial charge on any atom is 0.407 e. The summed E-state index contributed by atoms with van der Waals surface area (Å²) in [4.78, 5) is 41.3. The topological polar surface area (TPSA) is 109 Å². The van der Waals surface area contributed by atoms with Gasteiger partial charge in [-0.05, 0) is 113 Å². The zero-order valence-electron chi connectivity index (χ0n) is 30.0. The van der Waals surface area contributed by atoms with Gasteiger partial charge in [0.1, 0.15) is 11.9 Å². The first-order valence-electron chi connectivity index (χ1n) is 18.8. The number of amides is 2. The Morgan fingerprint density at radius 2 is 1.65 bits per heavy atom. The Kier molecular flexibility index (Phi) is 8.33. The average molecular weight is 696 g/mol. The molecule has 0 unspecified atom stereocenters. The summed E-state index contributed by atoms with van der Waals surface area (Å²) >= 11 is 0. The van der Waals surface area contributed by atoms with Crippen molar-refractivity contribution in [3.8, 4) is 22.4 Å². The van der Waals surface area contributed by atoms with E-state index in [4.69, 9.17) is 19.5 Å². The van der Waals surface area contributed by atoms with Crippen molar-refractivity contribution in [2.45, 2.75) is 76.0 Å². The number of imidazole rings is 1. The Bertz CT molecular complexity index is 2240. The normalized spacial score (nSPS) is 23.2. The van der Waals surface area contributed by atoms with E-state index in [9.17, 15) is 9.59 Å². The fourth-order valence-electron chi connectivity index (χ4n) is 9.52. The predicted octanol–water partition coefficient (Wildman–Crippen LogP) is 8.33. The number of ether oxygens (including phenoxy) is 2. The molecule has 9 heteroatoms. The number of methoxy groups -OCH3 is 2. The summed E-state index contributed by atoms with van der Waals surface area (Å²) in [7, 11) is 2.82. The molecule has 0 radical (unpaired) electrons. The van der Waals surface area contributed by atoms with Crippen molar-refractivity contribution in [3.63, 3.8) is 0 Å². The number of aromatic nitrogens is 2. The molecule has 1 aromatic heterocycles. The number of fused-ring (bicyclic) bond motifs is 6. The summed E-state index contributed by atoms with van der Waals surface area (Å²) < 4.78 is 10.2. The van der Waals surface area contributed by atoms with Gasteiger partial charge in [-0.25, -0.2) is 9.78 Å². The minimum atomic E-state index is -0.848. The zero-order valence-corrected chi connectivity index (χ0v) is 30.0. The number of aliphatic imine (C=N–C) groups is 1. The summed E-state index contributed by atoms with van der Waals surface area (Å²) in [5.74, 6) is 3.31. The first-order valence-corrected chi connectivity index (χ1v) is 18.8. The molecule has 4 aromatic carbocycles. The van der Waals surface area contributed by atoms with Gasteiger partial charge in [0, 0.05) is 37.3 Å². The van der Waals surface area contributed by atoms with Crippen LogP contribution in [0.5, 0.6) is 0 Å². The van der Waals surface area contributed by atoms with Gasteiger partial charge in [-0.2, -0.15) is 0 Å². The quantitative estimate of drug-likeness (QED) is 0.170. The van der Waals surface area contributed by atoms with E-state index in [0.717, 1.165) is 41.8 Å². The Labute approximate surface area is 303 Å². The van der Waals surface area contributed by atoms with Gasteiger partial charge >= 0.3 is 6.09 Å². The number of carbonyl (C=O) groups is 2. The standard InChI is InChI=1S/C43H45N5O4/c1-24(51-2)40(47-43(50)52-3)42(49)48-16-4-5-39(48)37-22-35-33-14-12-29(20-31(33)13-15-36(35)45-37)26-8-9-28-21-32(11-10-27(28)19-26)38-23-44-41(46-38)34-18-25-6-7-30(34)17-25/h8-15,19-21,23-25,30,34,39-40H,4-7,16-18,22H2,1-3H3,(H,44,46)(H,47,50)/t24-,25-,30+,34+,39+,40+/m1/s1. The van der Waals surface area contributed by atoms with Gasteiger partial charge < -0.3 is 24.7 Å². The molecule has 52 heavy (non-hydrogen) atoms. The van der Waals surface area contributed by atoms with Gasteiger partial charge in [0.2, 0.25) is 5.91 Å². The number of aromatic amines is 1. The van der Waals surface area contributed by atoms with E-state index in [2.05, 4.69) is 77.0 Å². The minimum Gasteiger partial charge on any atom is -0.453 e. The van der Waals surface area contributed by atoms with Crippen molar-refractivity contribution < 1.29 is 19.1 Å². The predicted molar refractivity (Wildman–Crippen MR) is 204 cm³/mol. The smallest absolute Gasteiger partial charge is 0.407 e. The summed E-state index contributed by atoms with van der Waals surface area (Å²) in [6, 6.07) is 23.4. The largest absolute Gasteiger partial charge is 0.453 e. The van der Waals surface area contributed by atoms with Crippen molar-refractivity contribution in [1.82, 2.24) is 20.2 Å². The van der Waals surface area contributed by atoms with E-state index in [1.807, 2.05) is 11.1 Å². The molecule has 4 aliphatic rings. The van der Waals surface area contributed by atoms with Crippen LogP contribution in [0.25, 0.3) is 43.9 Å². The van der Waals surface area contributed by atoms with Crippen LogP contribution in [0.2, 0.25) is 0 Å². The van der Waals surface area contributed by atoms with E-state index in [1.165, 1.54) is 89.5 Å². The summed E-state index contributed by atoms with van der Waals surface area (Å²) in [6.07, 6.45) is 8.68. The van der Waals surface area contributed by atoms with Crippen LogP contribution in [0.15, 0.2) is 77.9 Å². The van der Waals surface area contributed by atoms with Gasteiger partial charge in [0.25, 0.3) is 0 Å². The second-order valence-electron chi connectivity index (χ2n) is 15.3. The second-order valence-corrected chi connectivity index (χ2v) is 15.3. The van der Waals surface area contributed by atoms with Crippen LogP contribution < -0.4 is 5.32 Å². The lowest BCUT2D eigenvalue weighted by molar-refractivity contribution is -0.136. The fourth-order valence-corrected chi connectivity index (χ4v) is 9.52. The van der Waals surface area contributed by atoms with E-state index in [1.54, 1.807) is 6.92 Å². The van der Waals surface area contributed by atoms with Crippen molar-refractivity contribution in [2.75, 3.05) is 20.8 Å². The molecule has 9 nitrogen and oxygen atoms in total. The maximum absolute atomic E-state index is 13.8. The number of rotatable bonds is 8. The van der Waals surface area contributed by atoms with Crippen LogP contribution in [0.1, 0.15) is 62.8 Å². The zero-order chi connectivity index (χ0) is 35.5.